The average molecular weight is 323 g/mol. The molecule has 1 aromatic carbocycles. The maximum Gasteiger partial charge on any atom is 0.231 e. The van der Waals surface area contributed by atoms with Crippen LogP contribution in [0.1, 0.15) is 37.3 Å². The Morgan fingerprint density at radius 2 is 2.17 bits per heavy atom. The molecule has 1 aliphatic heterocycles. The number of rotatable bonds is 4. The fourth-order valence-electron chi connectivity index (χ4n) is 3.02. The van der Waals surface area contributed by atoms with Gasteiger partial charge >= 0.3 is 0 Å². The second-order valence-electron chi connectivity index (χ2n) is 5.98. The van der Waals surface area contributed by atoms with E-state index in [1.54, 1.807) is 17.3 Å². The van der Waals surface area contributed by atoms with Gasteiger partial charge in [-0.05, 0) is 55.7 Å². The number of pyridine rings is 1. The molecule has 3 rings (SSSR count). The molecule has 1 aromatic heterocycles. The molecule has 2 heterocycles. The lowest BCUT2D eigenvalue weighted by atomic mass is 9.99. The molecule has 0 bridgehead atoms. The molecule has 0 radical (unpaired) electrons. The summed E-state index contributed by atoms with van der Waals surface area (Å²) in [6.07, 6.45) is 4.64. The van der Waals surface area contributed by atoms with Crippen LogP contribution in [0, 0.1) is 0 Å². The maximum atomic E-state index is 12.5. The zero-order valence-corrected chi connectivity index (χ0v) is 14.0. The summed E-state index contributed by atoms with van der Waals surface area (Å²) in [6, 6.07) is 9.47. The number of amides is 2. The van der Waals surface area contributed by atoms with E-state index in [1.165, 1.54) is 0 Å². The largest absolute Gasteiger partial charge is 0.326 e. The summed E-state index contributed by atoms with van der Waals surface area (Å²) in [4.78, 5) is 30.3. The Kier molecular flexibility index (Phi) is 4.60. The SMILES string of the molecule is CCN1C(=O)CCc2cc(NC(=O)C(C)c3cccnc3)ccc21. The van der Waals surface area contributed by atoms with Gasteiger partial charge in [-0.2, -0.15) is 0 Å². The Morgan fingerprint density at radius 3 is 2.88 bits per heavy atom. The lowest BCUT2D eigenvalue weighted by Gasteiger charge is -2.28. The van der Waals surface area contributed by atoms with Crippen LogP contribution in [-0.2, 0) is 16.0 Å². The third kappa shape index (κ3) is 3.15. The molecule has 1 unspecified atom stereocenters. The van der Waals surface area contributed by atoms with E-state index < -0.39 is 0 Å². The zero-order valence-electron chi connectivity index (χ0n) is 14.0. The third-order valence-corrected chi connectivity index (χ3v) is 4.44. The van der Waals surface area contributed by atoms with Crippen LogP contribution in [0.4, 0.5) is 11.4 Å². The quantitative estimate of drug-likeness (QED) is 0.940. The van der Waals surface area contributed by atoms with Crippen molar-refractivity contribution < 1.29 is 9.59 Å². The van der Waals surface area contributed by atoms with Crippen molar-refractivity contribution in [3.8, 4) is 0 Å². The predicted octanol–water partition coefficient (Wildman–Crippen LogP) is 3.12. The van der Waals surface area contributed by atoms with Crippen LogP contribution in [0.2, 0.25) is 0 Å². The lowest BCUT2D eigenvalue weighted by Crippen LogP contribution is -2.34. The number of benzene rings is 1. The standard InChI is InChI=1S/C19H21N3O2/c1-3-22-17-8-7-16(11-14(17)6-9-18(22)23)21-19(24)13(2)15-5-4-10-20-12-15/h4-5,7-8,10-13H,3,6,9H2,1-2H3,(H,21,24). The van der Waals surface area contributed by atoms with E-state index in [0.717, 1.165) is 22.5 Å². The first kappa shape index (κ1) is 16.2. The number of fused-ring (bicyclic) bond motifs is 1. The van der Waals surface area contributed by atoms with Crippen LogP contribution in [0.3, 0.4) is 0 Å². The number of nitrogens with zero attached hydrogens (tertiary/aromatic N) is 2. The molecule has 24 heavy (non-hydrogen) atoms. The van der Waals surface area contributed by atoms with E-state index in [1.807, 2.05) is 44.2 Å². The van der Waals surface area contributed by atoms with Crippen LogP contribution >= 0.6 is 0 Å². The molecule has 0 aliphatic carbocycles. The van der Waals surface area contributed by atoms with Gasteiger partial charge in [-0.1, -0.05) is 6.07 Å². The molecule has 2 aromatic rings. The highest BCUT2D eigenvalue weighted by atomic mass is 16.2. The number of aryl methyl sites for hydroxylation is 1. The fraction of sp³-hybridized carbons (Fsp3) is 0.316. The molecule has 0 saturated carbocycles. The first-order chi connectivity index (χ1) is 11.6. The maximum absolute atomic E-state index is 12.5. The molecule has 124 valence electrons. The van der Waals surface area contributed by atoms with Gasteiger partial charge in [0.15, 0.2) is 0 Å². The molecule has 5 nitrogen and oxygen atoms in total. The molecular weight excluding hydrogens is 302 g/mol. The fourth-order valence-corrected chi connectivity index (χ4v) is 3.02. The Balaban J connectivity index is 1.77. The van der Waals surface area contributed by atoms with Crippen molar-refractivity contribution in [2.75, 3.05) is 16.8 Å². The third-order valence-electron chi connectivity index (χ3n) is 4.44. The molecule has 0 fully saturated rings. The summed E-state index contributed by atoms with van der Waals surface area (Å²) in [7, 11) is 0. The van der Waals surface area contributed by atoms with Gasteiger partial charge in [-0.15, -0.1) is 0 Å². The zero-order chi connectivity index (χ0) is 17.1. The van der Waals surface area contributed by atoms with Gasteiger partial charge in [0.1, 0.15) is 0 Å². The van der Waals surface area contributed by atoms with Gasteiger partial charge in [0.25, 0.3) is 0 Å². The number of hydrogen-bond acceptors (Lipinski definition) is 3. The highest BCUT2D eigenvalue weighted by Gasteiger charge is 2.23. The molecule has 1 N–H and O–H groups in total. The van der Waals surface area contributed by atoms with Gasteiger partial charge in [-0.3, -0.25) is 14.6 Å². The van der Waals surface area contributed by atoms with E-state index in [2.05, 4.69) is 10.3 Å². The second kappa shape index (κ2) is 6.83. The molecule has 0 spiro atoms. The van der Waals surface area contributed by atoms with E-state index in [-0.39, 0.29) is 17.7 Å². The smallest absolute Gasteiger partial charge is 0.231 e. The number of aromatic nitrogens is 1. The molecule has 0 saturated heterocycles. The van der Waals surface area contributed by atoms with Crippen molar-refractivity contribution in [3.05, 3.63) is 53.9 Å². The Bertz CT molecular complexity index is 758. The van der Waals surface area contributed by atoms with Crippen LogP contribution in [0.25, 0.3) is 0 Å². The van der Waals surface area contributed by atoms with Gasteiger partial charge in [-0.25, -0.2) is 0 Å². The summed E-state index contributed by atoms with van der Waals surface area (Å²) in [5, 5.41) is 2.96. The minimum Gasteiger partial charge on any atom is -0.326 e. The van der Waals surface area contributed by atoms with Gasteiger partial charge in [0, 0.05) is 36.7 Å². The summed E-state index contributed by atoms with van der Waals surface area (Å²) in [6.45, 7) is 4.50. The number of carbonyl (C=O) groups is 2. The topological polar surface area (TPSA) is 62.3 Å². The van der Waals surface area contributed by atoms with Gasteiger partial charge < -0.3 is 10.2 Å². The van der Waals surface area contributed by atoms with E-state index in [0.29, 0.717) is 19.4 Å². The minimum atomic E-state index is -0.275. The van der Waals surface area contributed by atoms with Crippen molar-refractivity contribution in [2.45, 2.75) is 32.6 Å². The summed E-state index contributed by atoms with van der Waals surface area (Å²) in [5.41, 5.74) is 3.70. The van der Waals surface area contributed by atoms with Crippen molar-refractivity contribution >= 4 is 23.2 Å². The van der Waals surface area contributed by atoms with E-state index >= 15 is 0 Å². The monoisotopic (exact) mass is 323 g/mol. The molecule has 1 aliphatic rings. The van der Waals surface area contributed by atoms with Crippen molar-refractivity contribution in [1.82, 2.24) is 4.98 Å². The summed E-state index contributed by atoms with van der Waals surface area (Å²) < 4.78 is 0. The van der Waals surface area contributed by atoms with Crippen LogP contribution in [0.15, 0.2) is 42.7 Å². The number of carbonyl (C=O) groups excluding carboxylic acids is 2. The number of nitrogens with one attached hydrogen (secondary N) is 1. The normalized spacial score (nSPS) is 14.9. The lowest BCUT2D eigenvalue weighted by molar-refractivity contribution is -0.119. The number of hydrogen-bond donors (Lipinski definition) is 1. The highest BCUT2D eigenvalue weighted by molar-refractivity contribution is 5.98. The van der Waals surface area contributed by atoms with E-state index in [4.69, 9.17) is 0 Å². The first-order valence-electron chi connectivity index (χ1n) is 8.24. The molecule has 1 atom stereocenters. The molecular formula is C19H21N3O2. The molecule has 5 heteroatoms. The summed E-state index contributed by atoms with van der Waals surface area (Å²) >= 11 is 0. The second-order valence-corrected chi connectivity index (χ2v) is 5.98. The van der Waals surface area contributed by atoms with Crippen LogP contribution in [0.5, 0.6) is 0 Å². The van der Waals surface area contributed by atoms with Crippen molar-refractivity contribution in [3.63, 3.8) is 0 Å². The Morgan fingerprint density at radius 1 is 1.33 bits per heavy atom. The highest BCUT2D eigenvalue weighted by Crippen LogP contribution is 2.30. The average Bonchev–Trinajstić information content (AvgIpc) is 2.62. The predicted molar refractivity (Wildman–Crippen MR) is 94.1 cm³/mol. The van der Waals surface area contributed by atoms with Gasteiger partial charge in [0.2, 0.25) is 11.8 Å². The Labute approximate surface area is 141 Å². The Hall–Kier alpha value is -2.69. The van der Waals surface area contributed by atoms with Crippen LogP contribution in [-0.4, -0.2) is 23.3 Å². The number of anilines is 2. The van der Waals surface area contributed by atoms with E-state index in [9.17, 15) is 9.59 Å². The first-order valence-corrected chi connectivity index (χ1v) is 8.24. The van der Waals surface area contributed by atoms with Gasteiger partial charge in [0.05, 0.1) is 5.92 Å². The van der Waals surface area contributed by atoms with Crippen molar-refractivity contribution in [1.29, 1.82) is 0 Å². The summed E-state index contributed by atoms with van der Waals surface area (Å²) in [5.74, 6) is -0.183. The van der Waals surface area contributed by atoms with Crippen molar-refractivity contribution in [2.24, 2.45) is 0 Å². The minimum absolute atomic E-state index is 0.0674. The van der Waals surface area contributed by atoms with Crippen LogP contribution < -0.4 is 10.2 Å². The molecule has 2 amide bonds.